The summed E-state index contributed by atoms with van der Waals surface area (Å²) >= 11 is 0. The Kier molecular flexibility index (Phi) is 5.12. The first-order chi connectivity index (χ1) is 9.59. The zero-order valence-electron chi connectivity index (χ0n) is 11.3. The summed E-state index contributed by atoms with van der Waals surface area (Å²) in [5, 5.41) is 12.0. The molecule has 6 heteroatoms. The van der Waals surface area contributed by atoms with E-state index in [-0.39, 0.29) is 5.75 Å². The van der Waals surface area contributed by atoms with Gasteiger partial charge in [0.15, 0.2) is 0 Å². The van der Waals surface area contributed by atoms with Crippen molar-refractivity contribution in [1.29, 1.82) is 5.26 Å². The fourth-order valence-electron chi connectivity index (χ4n) is 2.34. The SMILES string of the molecule is N#Cc1ccc(CS(=O)(=O)NCCC2CCCN2)cc1. The first-order valence-electron chi connectivity index (χ1n) is 6.79. The van der Waals surface area contributed by atoms with Gasteiger partial charge in [-0.2, -0.15) is 5.26 Å². The van der Waals surface area contributed by atoms with E-state index in [0.717, 1.165) is 19.4 Å². The van der Waals surface area contributed by atoms with Gasteiger partial charge < -0.3 is 5.32 Å². The van der Waals surface area contributed by atoms with Gasteiger partial charge in [-0.3, -0.25) is 0 Å². The van der Waals surface area contributed by atoms with E-state index in [1.807, 2.05) is 6.07 Å². The molecule has 0 radical (unpaired) electrons. The Balaban J connectivity index is 1.81. The lowest BCUT2D eigenvalue weighted by molar-refractivity contribution is 0.539. The molecule has 1 aromatic rings. The van der Waals surface area contributed by atoms with Crippen molar-refractivity contribution in [2.45, 2.75) is 31.1 Å². The Morgan fingerprint density at radius 3 is 2.70 bits per heavy atom. The van der Waals surface area contributed by atoms with E-state index < -0.39 is 10.0 Å². The molecule has 1 aliphatic rings. The predicted octanol–water partition coefficient (Wildman–Crippen LogP) is 1.12. The third kappa shape index (κ3) is 4.60. The van der Waals surface area contributed by atoms with E-state index in [1.54, 1.807) is 24.3 Å². The van der Waals surface area contributed by atoms with Crippen molar-refractivity contribution in [3.05, 3.63) is 35.4 Å². The molecular weight excluding hydrogens is 274 g/mol. The summed E-state index contributed by atoms with van der Waals surface area (Å²) in [6, 6.07) is 9.07. The second-order valence-electron chi connectivity index (χ2n) is 5.04. The molecule has 1 atom stereocenters. The van der Waals surface area contributed by atoms with E-state index >= 15 is 0 Å². The highest BCUT2D eigenvalue weighted by atomic mass is 32.2. The summed E-state index contributed by atoms with van der Waals surface area (Å²) in [6.45, 7) is 1.50. The van der Waals surface area contributed by atoms with Gasteiger partial charge in [-0.25, -0.2) is 13.1 Å². The zero-order chi connectivity index (χ0) is 14.4. The lowest BCUT2D eigenvalue weighted by Gasteiger charge is -2.11. The van der Waals surface area contributed by atoms with Crippen LogP contribution in [0.15, 0.2) is 24.3 Å². The maximum atomic E-state index is 11.9. The molecular formula is C14H19N3O2S. The molecule has 0 aromatic heterocycles. The van der Waals surface area contributed by atoms with Gasteiger partial charge in [-0.05, 0) is 43.5 Å². The van der Waals surface area contributed by atoms with Gasteiger partial charge in [0.2, 0.25) is 10.0 Å². The van der Waals surface area contributed by atoms with Gasteiger partial charge in [0.1, 0.15) is 0 Å². The van der Waals surface area contributed by atoms with Gasteiger partial charge in [0, 0.05) is 12.6 Å². The van der Waals surface area contributed by atoms with Crippen LogP contribution in [-0.4, -0.2) is 27.5 Å². The highest BCUT2D eigenvalue weighted by molar-refractivity contribution is 7.88. The zero-order valence-corrected chi connectivity index (χ0v) is 12.1. The minimum Gasteiger partial charge on any atom is -0.314 e. The van der Waals surface area contributed by atoms with Crippen molar-refractivity contribution >= 4 is 10.0 Å². The van der Waals surface area contributed by atoms with Gasteiger partial charge in [-0.15, -0.1) is 0 Å². The Morgan fingerprint density at radius 1 is 1.35 bits per heavy atom. The van der Waals surface area contributed by atoms with Gasteiger partial charge in [0.25, 0.3) is 0 Å². The fourth-order valence-corrected chi connectivity index (χ4v) is 3.50. The molecule has 0 aliphatic carbocycles. The number of nitrogens with one attached hydrogen (secondary N) is 2. The van der Waals surface area contributed by atoms with Crippen LogP contribution in [0.4, 0.5) is 0 Å². The van der Waals surface area contributed by atoms with Crippen LogP contribution in [-0.2, 0) is 15.8 Å². The summed E-state index contributed by atoms with van der Waals surface area (Å²) in [7, 11) is -3.31. The highest BCUT2D eigenvalue weighted by Crippen LogP contribution is 2.09. The van der Waals surface area contributed by atoms with Gasteiger partial charge in [-0.1, -0.05) is 12.1 Å². The minimum atomic E-state index is -3.31. The molecule has 1 aromatic carbocycles. The molecule has 1 heterocycles. The van der Waals surface area contributed by atoms with Crippen LogP contribution in [0.1, 0.15) is 30.4 Å². The van der Waals surface area contributed by atoms with E-state index in [9.17, 15) is 8.42 Å². The number of nitriles is 1. The van der Waals surface area contributed by atoms with Crippen LogP contribution in [0.5, 0.6) is 0 Å². The van der Waals surface area contributed by atoms with Crippen molar-refractivity contribution in [3.63, 3.8) is 0 Å². The Labute approximate surface area is 120 Å². The number of nitrogens with zero attached hydrogens (tertiary/aromatic N) is 1. The van der Waals surface area contributed by atoms with E-state index in [2.05, 4.69) is 10.0 Å². The van der Waals surface area contributed by atoms with Crippen molar-refractivity contribution in [2.24, 2.45) is 0 Å². The minimum absolute atomic E-state index is 0.0448. The first kappa shape index (κ1) is 15.0. The van der Waals surface area contributed by atoms with E-state index in [4.69, 9.17) is 5.26 Å². The summed E-state index contributed by atoms with van der Waals surface area (Å²) in [4.78, 5) is 0. The summed E-state index contributed by atoms with van der Waals surface area (Å²) in [5.41, 5.74) is 1.22. The molecule has 2 N–H and O–H groups in total. The van der Waals surface area contributed by atoms with Crippen LogP contribution >= 0.6 is 0 Å². The van der Waals surface area contributed by atoms with E-state index in [1.165, 1.54) is 6.42 Å². The molecule has 1 unspecified atom stereocenters. The molecule has 2 rings (SSSR count). The van der Waals surface area contributed by atoms with Crippen LogP contribution in [0, 0.1) is 11.3 Å². The Hall–Kier alpha value is -1.42. The average Bonchev–Trinajstić information content (AvgIpc) is 2.92. The standard InChI is InChI=1S/C14H19N3O2S/c15-10-12-3-5-13(6-4-12)11-20(18,19)17-9-7-14-2-1-8-16-14/h3-6,14,16-17H,1-2,7-9,11H2. The molecule has 0 bridgehead atoms. The van der Waals surface area contributed by atoms with Crippen LogP contribution in [0.2, 0.25) is 0 Å². The lowest BCUT2D eigenvalue weighted by Crippen LogP contribution is -2.31. The van der Waals surface area contributed by atoms with Gasteiger partial charge >= 0.3 is 0 Å². The molecule has 1 fully saturated rings. The monoisotopic (exact) mass is 293 g/mol. The summed E-state index contributed by atoms with van der Waals surface area (Å²) in [5.74, 6) is -0.0448. The van der Waals surface area contributed by atoms with Crippen LogP contribution in [0.25, 0.3) is 0 Å². The predicted molar refractivity (Wildman–Crippen MR) is 77.4 cm³/mol. The van der Waals surface area contributed by atoms with Gasteiger partial charge in [0.05, 0.1) is 17.4 Å². The largest absolute Gasteiger partial charge is 0.314 e. The van der Waals surface area contributed by atoms with Crippen molar-refractivity contribution in [2.75, 3.05) is 13.1 Å². The fraction of sp³-hybridized carbons (Fsp3) is 0.500. The smallest absolute Gasteiger partial charge is 0.215 e. The molecule has 108 valence electrons. The molecule has 5 nitrogen and oxygen atoms in total. The number of hydrogen-bond acceptors (Lipinski definition) is 4. The Bertz CT molecular complexity index is 569. The van der Waals surface area contributed by atoms with Crippen molar-refractivity contribution in [1.82, 2.24) is 10.0 Å². The molecule has 1 saturated heterocycles. The average molecular weight is 293 g/mol. The quantitative estimate of drug-likeness (QED) is 0.823. The van der Waals surface area contributed by atoms with Crippen molar-refractivity contribution < 1.29 is 8.42 Å². The second-order valence-corrected chi connectivity index (χ2v) is 6.85. The molecule has 0 saturated carbocycles. The van der Waals surface area contributed by atoms with Crippen molar-refractivity contribution in [3.8, 4) is 6.07 Å². The number of benzene rings is 1. The first-order valence-corrected chi connectivity index (χ1v) is 8.44. The molecule has 0 amide bonds. The number of sulfonamides is 1. The normalized spacial score (nSPS) is 18.9. The molecule has 1 aliphatic heterocycles. The topological polar surface area (TPSA) is 82.0 Å². The molecule has 0 spiro atoms. The third-order valence-electron chi connectivity index (χ3n) is 3.42. The van der Waals surface area contributed by atoms with Crippen LogP contribution in [0.3, 0.4) is 0 Å². The highest BCUT2D eigenvalue weighted by Gasteiger charge is 2.16. The van der Waals surface area contributed by atoms with Crippen LogP contribution < -0.4 is 10.0 Å². The van der Waals surface area contributed by atoms with E-state index in [0.29, 0.717) is 23.7 Å². The number of rotatable bonds is 6. The third-order valence-corrected chi connectivity index (χ3v) is 4.77. The molecule has 20 heavy (non-hydrogen) atoms. The summed E-state index contributed by atoms with van der Waals surface area (Å²) < 4.78 is 26.5. The maximum Gasteiger partial charge on any atom is 0.215 e. The number of hydrogen-bond donors (Lipinski definition) is 2. The maximum absolute atomic E-state index is 11.9. The lowest BCUT2D eigenvalue weighted by atomic mass is 10.2. The summed E-state index contributed by atoms with van der Waals surface area (Å²) in [6.07, 6.45) is 3.12. The second kappa shape index (κ2) is 6.84. The Morgan fingerprint density at radius 2 is 2.10 bits per heavy atom.